The van der Waals surface area contributed by atoms with Crippen LogP contribution < -0.4 is 0 Å². The van der Waals surface area contributed by atoms with Crippen LogP contribution in [0.15, 0.2) is 0 Å². The number of hydrogen-bond acceptors (Lipinski definition) is 3. The smallest absolute Gasteiger partial charge is 0.308 e. The fraction of sp³-hybridized carbons (Fsp3) is 0.909. The van der Waals surface area contributed by atoms with E-state index in [9.17, 15) is 9.90 Å². The molecule has 0 bridgehead atoms. The van der Waals surface area contributed by atoms with E-state index in [0.29, 0.717) is 0 Å². The lowest BCUT2D eigenvalue weighted by atomic mass is 10.0. The highest BCUT2D eigenvalue weighted by atomic mass is 16.4. The van der Waals surface area contributed by atoms with Gasteiger partial charge in [0.15, 0.2) is 0 Å². The average Bonchev–Trinajstić information content (AvgIpc) is 2.85. The molecule has 1 saturated heterocycles. The van der Waals surface area contributed by atoms with E-state index in [-0.39, 0.29) is 24.6 Å². The molecule has 0 aromatic rings. The number of aliphatic hydroxyl groups is 1. The van der Waals surface area contributed by atoms with E-state index in [1.165, 1.54) is 0 Å². The molecule has 2 fully saturated rings. The molecule has 4 nitrogen and oxygen atoms in total. The van der Waals surface area contributed by atoms with E-state index in [1.807, 2.05) is 0 Å². The van der Waals surface area contributed by atoms with E-state index in [1.54, 1.807) is 0 Å². The number of rotatable bonds is 3. The summed E-state index contributed by atoms with van der Waals surface area (Å²) in [7, 11) is 0. The molecule has 2 rings (SSSR count). The Hall–Kier alpha value is -0.610. The standard InChI is InChI=1S/C11H19NO3/c13-7-8-3-2-6-12(8)10-5-1-4-9(10)11(14)15/h8-10,13H,1-7H2,(H,14,15). The number of carboxylic acids is 1. The van der Waals surface area contributed by atoms with Gasteiger partial charge in [-0.3, -0.25) is 9.69 Å². The predicted octanol–water partition coefficient (Wildman–Crippen LogP) is 0.696. The van der Waals surface area contributed by atoms with E-state index >= 15 is 0 Å². The van der Waals surface area contributed by atoms with Gasteiger partial charge in [-0.25, -0.2) is 0 Å². The summed E-state index contributed by atoms with van der Waals surface area (Å²) in [6, 6.07) is 0.372. The topological polar surface area (TPSA) is 60.8 Å². The van der Waals surface area contributed by atoms with Gasteiger partial charge >= 0.3 is 5.97 Å². The van der Waals surface area contributed by atoms with Crippen LogP contribution in [-0.4, -0.2) is 46.3 Å². The number of hydrogen-bond donors (Lipinski definition) is 2. The SMILES string of the molecule is O=C(O)C1CCCC1N1CCCC1CO. The molecule has 0 radical (unpaired) electrons. The van der Waals surface area contributed by atoms with Crippen molar-refractivity contribution in [2.45, 2.75) is 44.2 Å². The van der Waals surface area contributed by atoms with Gasteiger partial charge in [-0.05, 0) is 32.2 Å². The molecule has 1 aliphatic carbocycles. The fourth-order valence-corrected chi connectivity index (χ4v) is 3.12. The Labute approximate surface area is 89.9 Å². The molecule has 0 amide bonds. The van der Waals surface area contributed by atoms with E-state index in [2.05, 4.69) is 4.90 Å². The molecule has 2 N–H and O–H groups in total. The molecular weight excluding hydrogens is 194 g/mol. The summed E-state index contributed by atoms with van der Waals surface area (Å²) in [5.41, 5.74) is 0. The summed E-state index contributed by atoms with van der Waals surface area (Å²) < 4.78 is 0. The maximum absolute atomic E-state index is 11.1. The first-order chi connectivity index (χ1) is 7.24. The van der Waals surface area contributed by atoms with E-state index < -0.39 is 5.97 Å². The van der Waals surface area contributed by atoms with Crippen LogP contribution in [-0.2, 0) is 4.79 Å². The number of aliphatic carboxylic acids is 1. The highest BCUT2D eigenvalue weighted by Crippen LogP contribution is 2.34. The summed E-state index contributed by atoms with van der Waals surface area (Å²) in [5.74, 6) is -0.877. The second-order valence-corrected chi connectivity index (χ2v) is 4.66. The van der Waals surface area contributed by atoms with Crippen LogP contribution in [0, 0.1) is 5.92 Å². The van der Waals surface area contributed by atoms with E-state index in [4.69, 9.17) is 5.11 Å². The Kier molecular flexibility index (Phi) is 3.26. The minimum absolute atomic E-state index is 0.169. The first-order valence-corrected chi connectivity index (χ1v) is 5.83. The fourth-order valence-electron chi connectivity index (χ4n) is 3.12. The summed E-state index contributed by atoms with van der Waals surface area (Å²) in [6.45, 7) is 1.13. The number of carboxylic acid groups (broad SMARTS) is 1. The normalized spacial score (nSPS) is 37.3. The number of nitrogens with zero attached hydrogens (tertiary/aromatic N) is 1. The number of aliphatic hydroxyl groups excluding tert-OH is 1. The van der Waals surface area contributed by atoms with Crippen molar-refractivity contribution in [3.63, 3.8) is 0 Å². The molecule has 1 saturated carbocycles. The second kappa shape index (κ2) is 4.49. The summed E-state index contributed by atoms with van der Waals surface area (Å²) in [5, 5.41) is 18.3. The van der Waals surface area contributed by atoms with Gasteiger partial charge < -0.3 is 10.2 Å². The quantitative estimate of drug-likeness (QED) is 0.724. The van der Waals surface area contributed by atoms with Crippen LogP contribution >= 0.6 is 0 Å². The molecule has 4 heteroatoms. The summed E-state index contributed by atoms with van der Waals surface area (Å²) >= 11 is 0. The van der Waals surface area contributed by atoms with Crippen molar-refractivity contribution in [1.29, 1.82) is 0 Å². The van der Waals surface area contributed by atoms with Gasteiger partial charge in [0.1, 0.15) is 0 Å². The average molecular weight is 213 g/mol. The molecule has 3 unspecified atom stereocenters. The van der Waals surface area contributed by atoms with Crippen LogP contribution in [0.5, 0.6) is 0 Å². The zero-order chi connectivity index (χ0) is 10.8. The third kappa shape index (κ3) is 2.01. The molecule has 0 aromatic heterocycles. The third-order valence-corrected chi connectivity index (χ3v) is 3.86. The molecule has 0 spiro atoms. The monoisotopic (exact) mass is 213 g/mol. The van der Waals surface area contributed by atoms with Gasteiger partial charge in [0.25, 0.3) is 0 Å². The minimum atomic E-state index is -0.666. The van der Waals surface area contributed by atoms with Crippen molar-refractivity contribution in [3.8, 4) is 0 Å². The van der Waals surface area contributed by atoms with Gasteiger partial charge in [0.2, 0.25) is 0 Å². The van der Waals surface area contributed by atoms with Crippen molar-refractivity contribution < 1.29 is 15.0 Å². The minimum Gasteiger partial charge on any atom is -0.481 e. The lowest BCUT2D eigenvalue weighted by Crippen LogP contribution is -2.44. The largest absolute Gasteiger partial charge is 0.481 e. The van der Waals surface area contributed by atoms with Crippen LogP contribution in [0.1, 0.15) is 32.1 Å². The molecular formula is C11H19NO3. The molecule has 15 heavy (non-hydrogen) atoms. The Morgan fingerprint density at radius 2 is 2.07 bits per heavy atom. The van der Waals surface area contributed by atoms with Crippen molar-refractivity contribution >= 4 is 5.97 Å². The Balaban J connectivity index is 2.05. The third-order valence-electron chi connectivity index (χ3n) is 3.86. The van der Waals surface area contributed by atoms with Gasteiger partial charge in [-0.1, -0.05) is 6.42 Å². The first-order valence-electron chi connectivity index (χ1n) is 5.83. The van der Waals surface area contributed by atoms with Gasteiger partial charge in [0.05, 0.1) is 12.5 Å². The lowest BCUT2D eigenvalue weighted by Gasteiger charge is -2.31. The zero-order valence-corrected chi connectivity index (χ0v) is 8.93. The highest BCUT2D eigenvalue weighted by molar-refractivity contribution is 5.71. The van der Waals surface area contributed by atoms with Crippen molar-refractivity contribution in [2.24, 2.45) is 5.92 Å². The van der Waals surface area contributed by atoms with Gasteiger partial charge in [0, 0.05) is 12.1 Å². The van der Waals surface area contributed by atoms with Gasteiger partial charge in [-0.15, -0.1) is 0 Å². The zero-order valence-electron chi connectivity index (χ0n) is 8.93. The Morgan fingerprint density at radius 3 is 2.73 bits per heavy atom. The maximum atomic E-state index is 11.1. The number of likely N-dealkylation sites (tertiary alicyclic amines) is 1. The summed E-state index contributed by atoms with van der Waals surface area (Å²) in [6.07, 6.45) is 4.89. The van der Waals surface area contributed by atoms with Crippen LogP contribution in [0.3, 0.4) is 0 Å². The molecule has 86 valence electrons. The number of carbonyl (C=O) groups is 1. The lowest BCUT2D eigenvalue weighted by molar-refractivity contribution is -0.143. The molecule has 2 aliphatic rings. The predicted molar refractivity (Wildman–Crippen MR) is 55.6 cm³/mol. The molecule has 1 aliphatic heterocycles. The molecule has 1 heterocycles. The Morgan fingerprint density at radius 1 is 1.27 bits per heavy atom. The van der Waals surface area contributed by atoms with Gasteiger partial charge in [-0.2, -0.15) is 0 Å². The van der Waals surface area contributed by atoms with Crippen LogP contribution in [0.25, 0.3) is 0 Å². The molecule has 3 atom stereocenters. The maximum Gasteiger partial charge on any atom is 0.308 e. The second-order valence-electron chi connectivity index (χ2n) is 4.66. The van der Waals surface area contributed by atoms with Crippen LogP contribution in [0.4, 0.5) is 0 Å². The van der Waals surface area contributed by atoms with E-state index in [0.717, 1.165) is 38.6 Å². The molecule has 0 aromatic carbocycles. The van der Waals surface area contributed by atoms with Crippen molar-refractivity contribution in [1.82, 2.24) is 4.90 Å². The highest BCUT2D eigenvalue weighted by Gasteiger charge is 2.40. The summed E-state index contributed by atoms with van der Waals surface area (Å²) in [4.78, 5) is 13.3. The van der Waals surface area contributed by atoms with Crippen molar-refractivity contribution in [3.05, 3.63) is 0 Å². The first kappa shape index (κ1) is 10.9. The van der Waals surface area contributed by atoms with Crippen LogP contribution in [0.2, 0.25) is 0 Å². The Bertz CT molecular complexity index is 244. The van der Waals surface area contributed by atoms with Crippen molar-refractivity contribution in [2.75, 3.05) is 13.2 Å².